The maximum atomic E-state index is 11.6. The lowest BCUT2D eigenvalue weighted by Gasteiger charge is -2.04. The molecule has 0 spiro atoms. The zero-order valence-electron chi connectivity index (χ0n) is 10.7. The Morgan fingerprint density at radius 3 is 2.28 bits per heavy atom. The van der Waals surface area contributed by atoms with Crippen LogP contribution in [-0.2, 0) is 14.3 Å². The molecule has 0 saturated heterocycles. The van der Waals surface area contributed by atoms with E-state index < -0.39 is 5.97 Å². The summed E-state index contributed by atoms with van der Waals surface area (Å²) >= 11 is 0. The van der Waals surface area contributed by atoms with Crippen molar-refractivity contribution >= 4 is 17.8 Å². The molecule has 0 saturated carbocycles. The zero-order valence-corrected chi connectivity index (χ0v) is 10.7. The van der Waals surface area contributed by atoms with Crippen molar-refractivity contribution in [3.8, 4) is 5.75 Å². The van der Waals surface area contributed by atoms with Gasteiger partial charge in [-0.05, 0) is 37.6 Å². The molecule has 4 heteroatoms. The van der Waals surface area contributed by atoms with Gasteiger partial charge in [0.15, 0.2) is 5.78 Å². The van der Waals surface area contributed by atoms with Gasteiger partial charge in [-0.15, -0.1) is 0 Å². The van der Waals surface area contributed by atoms with E-state index in [2.05, 4.69) is 0 Å². The third kappa shape index (κ3) is 3.73. The van der Waals surface area contributed by atoms with Gasteiger partial charge >= 0.3 is 5.97 Å². The molecular formula is C14H16O4. The number of ketones is 1. The second kappa shape index (κ2) is 6.59. The summed E-state index contributed by atoms with van der Waals surface area (Å²) in [7, 11) is 1.57. The first-order valence-corrected chi connectivity index (χ1v) is 5.62. The highest BCUT2D eigenvalue weighted by Crippen LogP contribution is 2.15. The first-order valence-electron chi connectivity index (χ1n) is 5.62. The molecule has 0 aliphatic carbocycles. The lowest BCUT2D eigenvalue weighted by atomic mass is 10.1. The fourth-order valence-electron chi connectivity index (χ4n) is 1.38. The van der Waals surface area contributed by atoms with Crippen molar-refractivity contribution in [2.45, 2.75) is 13.8 Å². The summed E-state index contributed by atoms with van der Waals surface area (Å²) in [6.45, 7) is 3.28. The normalized spacial score (nSPS) is 10.9. The van der Waals surface area contributed by atoms with E-state index in [1.807, 2.05) is 0 Å². The summed E-state index contributed by atoms with van der Waals surface area (Å²) in [6, 6.07) is 7.05. The van der Waals surface area contributed by atoms with Crippen molar-refractivity contribution in [3.05, 3.63) is 35.4 Å². The highest BCUT2D eigenvalue weighted by molar-refractivity contribution is 6.19. The van der Waals surface area contributed by atoms with Crippen molar-refractivity contribution in [1.82, 2.24) is 0 Å². The SMILES string of the molecule is CCOC(=O)/C(=C/c1ccc(OC)cc1)C(C)=O. The van der Waals surface area contributed by atoms with Crippen molar-refractivity contribution in [3.63, 3.8) is 0 Å². The molecule has 0 aliphatic heterocycles. The number of carbonyl (C=O) groups excluding carboxylic acids is 2. The van der Waals surface area contributed by atoms with Crippen LogP contribution in [0, 0.1) is 0 Å². The minimum atomic E-state index is -0.596. The molecular weight excluding hydrogens is 232 g/mol. The summed E-state index contributed by atoms with van der Waals surface area (Å²) in [5, 5.41) is 0. The number of esters is 1. The Kier molecular flexibility index (Phi) is 5.11. The molecule has 0 aliphatic rings. The predicted molar refractivity (Wildman–Crippen MR) is 68.3 cm³/mol. The van der Waals surface area contributed by atoms with Crippen LogP contribution in [0.15, 0.2) is 29.8 Å². The molecule has 0 radical (unpaired) electrons. The van der Waals surface area contributed by atoms with E-state index in [1.54, 1.807) is 38.3 Å². The van der Waals surface area contributed by atoms with Crippen molar-refractivity contribution in [2.24, 2.45) is 0 Å². The first-order chi connectivity index (χ1) is 8.58. The van der Waals surface area contributed by atoms with Crippen LogP contribution in [0.3, 0.4) is 0 Å². The van der Waals surface area contributed by atoms with Crippen LogP contribution < -0.4 is 4.74 Å². The van der Waals surface area contributed by atoms with Crippen LogP contribution in [-0.4, -0.2) is 25.5 Å². The maximum absolute atomic E-state index is 11.6. The summed E-state index contributed by atoms with van der Waals surface area (Å²) in [4.78, 5) is 23.0. The molecule has 0 fully saturated rings. The average Bonchev–Trinajstić information content (AvgIpc) is 2.36. The van der Waals surface area contributed by atoms with Crippen molar-refractivity contribution in [2.75, 3.05) is 13.7 Å². The average molecular weight is 248 g/mol. The lowest BCUT2D eigenvalue weighted by molar-refractivity contribution is -0.139. The Balaban J connectivity index is 3.00. The number of Topliss-reactive ketones (excluding diaryl/α,β-unsaturated/α-hetero) is 1. The second-order valence-electron chi connectivity index (χ2n) is 3.61. The van der Waals surface area contributed by atoms with Crippen LogP contribution >= 0.6 is 0 Å². The van der Waals surface area contributed by atoms with Crippen molar-refractivity contribution in [1.29, 1.82) is 0 Å². The summed E-state index contributed by atoms with van der Waals surface area (Å²) in [5.41, 5.74) is 0.788. The number of methoxy groups -OCH3 is 1. The second-order valence-corrected chi connectivity index (χ2v) is 3.61. The number of carbonyl (C=O) groups is 2. The number of ether oxygens (including phenoxy) is 2. The van der Waals surface area contributed by atoms with E-state index in [-0.39, 0.29) is 18.0 Å². The first kappa shape index (κ1) is 14.0. The molecule has 0 heterocycles. The Morgan fingerprint density at radius 2 is 1.83 bits per heavy atom. The van der Waals surface area contributed by atoms with E-state index in [9.17, 15) is 9.59 Å². The number of hydrogen-bond donors (Lipinski definition) is 0. The summed E-state index contributed by atoms with van der Waals surface area (Å²) in [5.74, 6) is -0.197. The standard InChI is InChI=1S/C14H16O4/c1-4-18-14(16)13(10(2)15)9-11-5-7-12(17-3)8-6-11/h5-9H,4H2,1-3H3/b13-9+. The molecule has 1 aromatic carbocycles. The predicted octanol–water partition coefficient (Wildman–Crippen LogP) is 2.23. The molecule has 1 aromatic rings. The number of rotatable bonds is 5. The number of hydrogen-bond acceptors (Lipinski definition) is 4. The van der Waals surface area contributed by atoms with Gasteiger partial charge in [0.05, 0.1) is 13.7 Å². The van der Waals surface area contributed by atoms with E-state index >= 15 is 0 Å². The van der Waals surface area contributed by atoms with Crippen LogP contribution in [0.2, 0.25) is 0 Å². The zero-order chi connectivity index (χ0) is 13.5. The minimum absolute atomic E-state index is 0.0435. The van der Waals surface area contributed by atoms with E-state index in [1.165, 1.54) is 13.0 Å². The summed E-state index contributed by atoms with van der Waals surface area (Å²) < 4.78 is 9.86. The van der Waals surface area contributed by atoms with Gasteiger partial charge in [0.2, 0.25) is 0 Å². The van der Waals surface area contributed by atoms with Crippen LogP contribution in [0.4, 0.5) is 0 Å². The van der Waals surface area contributed by atoms with Crippen molar-refractivity contribution < 1.29 is 19.1 Å². The van der Waals surface area contributed by atoms with Gasteiger partial charge in [-0.25, -0.2) is 4.79 Å². The minimum Gasteiger partial charge on any atom is -0.497 e. The molecule has 1 rings (SSSR count). The largest absolute Gasteiger partial charge is 0.497 e. The Morgan fingerprint density at radius 1 is 1.22 bits per heavy atom. The van der Waals surface area contributed by atoms with E-state index in [0.29, 0.717) is 5.75 Å². The molecule has 0 unspecified atom stereocenters. The lowest BCUT2D eigenvalue weighted by Crippen LogP contribution is -2.13. The van der Waals surface area contributed by atoms with Crippen LogP contribution in [0.5, 0.6) is 5.75 Å². The van der Waals surface area contributed by atoms with Gasteiger partial charge in [0.25, 0.3) is 0 Å². The fourth-order valence-corrected chi connectivity index (χ4v) is 1.38. The van der Waals surface area contributed by atoms with Gasteiger partial charge in [-0.2, -0.15) is 0 Å². The van der Waals surface area contributed by atoms with E-state index in [4.69, 9.17) is 9.47 Å². The highest BCUT2D eigenvalue weighted by Gasteiger charge is 2.15. The molecule has 18 heavy (non-hydrogen) atoms. The van der Waals surface area contributed by atoms with Crippen LogP contribution in [0.1, 0.15) is 19.4 Å². The molecule has 4 nitrogen and oxygen atoms in total. The smallest absolute Gasteiger partial charge is 0.341 e. The Labute approximate surface area is 106 Å². The quantitative estimate of drug-likeness (QED) is 0.347. The molecule has 0 amide bonds. The molecule has 0 bridgehead atoms. The third-order valence-electron chi connectivity index (χ3n) is 2.30. The third-order valence-corrected chi connectivity index (χ3v) is 2.30. The molecule has 0 aromatic heterocycles. The molecule has 96 valence electrons. The highest BCUT2D eigenvalue weighted by atomic mass is 16.5. The Hall–Kier alpha value is -2.10. The monoisotopic (exact) mass is 248 g/mol. The molecule has 0 N–H and O–H groups in total. The van der Waals surface area contributed by atoms with Crippen LogP contribution in [0.25, 0.3) is 6.08 Å². The van der Waals surface area contributed by atoms with Gasteiger partial charge in [0, 0.05) is 0 Å². The van der Waals surface area contributed by atoms with Gasteiger partial charge in [0.1, 0.15) is 11.3 Å². The van der Waals surface area contributed by atoms with Gasteiger partial charge in [-0.1, -0.05) is 12.1 Å². The van der Waals surface area contributed by atoms with Gasteiger partial charge in [-0.3, -0.25) is 4.79 Å². The fraction of sp³-hybridized carbons (Fsp3) is 0.286. The Bertz CT molecular complexity index is 457. The maximum Gasteiger partial charge on any atom is 0.341 e. The summed E-state index contributed by atoms with van der Waals surface area (Å²) in [6.07, 6.45) is 1.51. The van der Waals surface area contributed by atoms with Gasteiger partial charge < -0.3 is 9.47 Å². The van der Waals surface area contributed by atoms with E-state index in [0.717, 1.165) is 5.56 Å². The number of benzene rings is 1. The topological polar surface area (TPSA) is 52.6 Å². The molecule has 0 atom stereocenters.